The monoisotopic (exact) mass is 304 g/mol. The predicted octanol–water partition coefficient (Wildman–Crippen LogP) is 3.10. The zero-order valence-electron chi connectivity index (χ0n) is 12.0. The Morgan fingerprint density at radius 3 is 2.48 bits per heavy atom. The van der Waals surface area contributed by atoms with Crippen LogP contribution in [0.4, 0.5) is 5.69 Å². The molecular weight excluding hydrogens is 284 g/mol. The molecule has 3 rings (SSSR count). The van der Waals surface area contributed by atoms with Crippen LogP contribution in [-0.4, -0.2) is 26.2 Å². The molecule has 0 bridgehead atoms. The van der Waals surface area contributed by atoms with E-state index in [0.29, 0.717) is 6.61 Å². The van der Waals surface area contributed by atoms with Crippen molar-refractivity contribution in [3.05, 3.63) is 60.2 Å². The molecule has 0 spiro atoms. The number of rotatable bonds is 4. The number of ether oxygens (including phenoxy) is 1. The first kappa shape index (κ1) is 15.7. The molecule has 0 radical (unpaired) electrons. The van der Waals surface area contributed by atoms with Gasteiger partial charge in [0.25, 0.3) is 0 Å². The second-order valence-corrected chi connectivity index (χ2v) is 5.01. The summed E-state index contributed by atoms with van der Waals surface area (Å²) in [6.07, 6.45) is 0. The van der Waals surface area contributed by atoms with E-state index in [4.69, 9.17) is 4.74 Å². The average molecular weight is 305 g/mol. The van der Waals surface area contributed by atoms with Gasteiger partial charge in [-0.15, -0.1) is 12.4 Å². The summed E-state index contributed by atoms with van der Waals surface area (Å²) in [6.45, 7) is 4.83. The summed E-state index contributed by atoms with van der Waals surface area (Å²) in [5, 5.41) is 3.37. The number of anilines is 1. The molecule has 2 aromatic rings. The first-order valence-electron chi connectivity index (χ1n) is 7.14. The van der Waals surface area contributed by atoms with Crippen molar-refractivity contribution in [2.45, 2.75) is 6.61 Å². The number of halogens is 1. The van der Waals surface area contributed by atoms with Crippen LogP contribution in [0.25, 0.3) is 0 Å². The third-order valence-corrected chi connectivity index (χ3v) is 3.55. The van der Waals surface area contributed by atoms with Gasteiger partial charge in [-0.2, -0.15) is 0 Å². The van der Waals surface area contributed by atoms with E-state index in [1.54, 1.807) is 0 Å². The second kappa shape index (κ2) is 7.91. The van der Waals surface area contributed by atoms with Crippen molar-refractivity contribution in [1.82, 2.24) is 5.32 Å². The fourth-order valence-electron chi connectivity index (χ4n) is 2.43. The van der Waals surface area contributed by atoms with Crippen molar-refractivity contribution >= 4 is 18.1 Å². The van der Waals surface area contributed by atoms with Gasteiger partial charge in [0, 0.05) is 37.9 Å². The zero-order chi connectivity index (χ0) is 13.6. The topological polar surface area (TPSA) is 24.5 Å². The maximum atomic E-state index is 5.88. The number of nitrogens with zero attached hydrogens (tertiary/aromatic N) is 1. The Balaban J connectivity index is 0.00000161. The number of piperazine rings is 1. The van der Waals surface area contributed by atoms with Crippen LogP contribution >= 0.6 is 12.4 Å². The largest absolute Gasteiger partial charge is 0.489 e. The van der Waals surface area contributed by atoms with Gasteiger partial charge >= 0.3 is 0 Å². The molecule has 1 N–H and O–H groups in total. The van der Waals surface area contributed by atoms with Crippen molar-refractivity contribution in [1.29, 1.82) is 0 Å². The maximum absolute atomic E-state index is 5.88. The summed E-state index contributed by atoms with van der Waals surface area (Å²) < 4.78 is 5.88. The lowest BCUT2D eigenvalue weighted by molar-refractivity contribution is 0.306. The predicted molar refractivity (Wildman–Crippen MR) is 89.5 cm³/mol. The van der Waals surface area contributed by atoms with E-state index < -0.39 is 0 Å². The molecule has 0 amide bonds. The van der Waals surface area contributed by atoms with E-state index in [9.17, 15) is 0 Å². The molecule has 1 saturated heterocycles. The smallest absolute Gasteiger partial charge is 0.121 e. The summed E-state index contributed by atoms with van der Waals surface area (Å²) in [5.74, 6) is 0.935. The van der Waals surface area contributed by atoms with Crippen LogP contribution in [-0.2, 0) is 6.61 Å². The van der Waals surface area contributed by atoms with Gasteiger partial charge in [-0.3, -0.25) is 0 Å². The summed E-state index contributed by atoms with van der Waals surface area (Å²) in [6, 6.07) is 18.6. The van der Waals surface area contributed by atoms with E-state index in [2.05, 4.69) is 40.5 Å². The van der Waals surface area contributed by atoms with E-state index >= 15 is 0 Å². The Morgan fingerprint density at radius 2 is 1.71 bits per heavy atom. The van der Waals surface area contributed by atoms with Gasteiger partial charge in [-0.05, 0) is 17.7 Å². The molecule has 0 atom stereocenters. The van der Waals surface area contributed by atoms with E-state index in [1.165, 1.54) is 11.3 Å². The minimum Gasteiger partial charge on any atom is -0.489 e. The molecule has 0 saturated carbocycles. The van der Waals surface area contributed by atoms with Crippen LogP contribution in [0.5, 0.6) is 5.75 Å². The first-order valence-corrected chi connectivity index (χ1v) is 7.14. The minimum atomic E-state index is 0. The van der Waals surface area contributed by atoms with Crippen molar-refractivity contribution in [3.63, 3.8) is 0 Å². The zero-order valence-corrected chi connectivity index (χ0v) is 12.8. The van der Waals surface area contributed by atoms with Crippen LogP contribution in [0.3, 0.4) is 0 Å². The average Bonchev–Trinajstić information content (AvgIpc) is 2.55. The first-order chi connectivity index (χ1) is 9.92. The summed E-state index contributed by atoms with van der Waals surface area (Å²) in [7, 11) is 0. The highest BCUT2D eigenvalue weighted by atomic mass is 35.5. The lowest BCUT2D eigenvalue weighted by Gasteiger charge is -2.29. The van der Waals surface area contributed by atoms with Crippen molar-refractivity contribution in [3.8, 4) is 5.75 Å². The Labute approximate surface area is 132 Å². The van der Waals surface area contributed by atoms with Crippen molar-refractivity contribution in [2.24, 2.45) is 0 Å². The molecule has 0 aliphatic carbocycles. The quantitative estimate of drug-likeness (QED) is 0.939. The molecule has 2 aromatic carbocycles. The van der Waals surface area contributed by atoms with Crippen LogP contribution in [0.2, 0.25) is 0 Å². The molecule has 112 valence electrons. The maximum Gasteiger partial charge on any atom is 0.121 e. The molecule has 1 fully saturated rings. The molecule has 1 heterocycles. The molecule has 21 heavy (non-hydrogen) atoms. The molecule has 0 aromatic heterocycles. The summed E-state index contributed by atoms with van der Waals surface area (Å²) in [4.78, 5) is 2.39. The molecule has 0 unspecified atom stereocenters. The van der Waals surface area contributed by atoms with Gasteiger partial charge in [0.1, 0.15) is 12.4 Å². The summed E-state index contributed by atoms with van der Waals surface area (Å²) in [5.41, 5.74) is 2.44. The fourth-order valence-corrected chi connectivity index (χ4v) is 2.43. The Kier molecular flexibility index (Phi) is 5.90. The van der Waals surface area contributed by atoms with Crippen molar-refractivity contribution in [2.75, 3.05) is 31.1 Å². The van der Waals surface area contributed by atoms with Crippen molar-refractivity contribution < 1.29 is 4.74 Å². The van der Waals surface area contributed by atoms with E-state index in [0.717, 1.165) is 31.9 Å². The highest BCUT2D eigenvalue weighted by Crippen LogP contribution is 2.22. The number of nitrogens with one attached hydrogen (secondary N) is 1. The van der Waals surface area contributed by atoms with Gasteiger partial charge < -0.3 is 15.0 Å². The van der Waals surface area contributed by atoms with Crippen LogP contribution in [0, 0.1) is 0 Å². The number of hydrogen-bond donors (Lipinski definition) is 1. The Bertz CT molecular complexity index is 541. The lowest BCUT2D eigenvalue weighted by Crippen LogP contribution is -2.43. The van der Waals surface area contributed by atoms with Crippen LogP contribution in [0.1, 0.15) is 5.56 Å². The third-order valence-electron chi connectivity index (χ3n) is 3.55. The highest BCUT2D eigenvalue weighted by molar-refractivity contribution is 5.85. The molecule has 3 nitrogen and oxygen atoms in total. The standard InChI is InChI=1S/C17H20N2O.ClH/c1-2-5-15(6-3-1)14-20-17-8-4-7-16(13-17)19-11-9-18-10-12-19;/h1-8,13,18H,9-12,14H2;1H. The van der Waals surface area contributed by atoms with Gasteiger partial charge in [0.2, 0.25) is 0 Å². The molecular formula is C17H21ClN2O. The Morgan fingerprint density at radius 1 is 0.952 bits per heavy atom. The van der Waals surface area contributed by atoms with Gasteiger partial charge in [-0.1, -0.05) is 36.4 Å². The third kappa shape index (κ3) is 4.38. The highest BCUT2D eigenvalue weighted by Gasteiger charge is 2.10. The Hall–Kier alpha value is -1.71. The molecule has 1 aliphatic rings. The SMILES string of the molecule is Cl.c1ccc(COc2cccc(N3CCNCC3)c2)cc1. The summed E-state index contributed by atoms with van der Waals surface area (Å²) >= 11 is 0. The van der Waals surface area contributed by atoms with Gasteiger partial charge in [-0.25, -0.2) is 0 Å². The normalized spacial score (nSPS) is 14.4. The number of hydrogen-bond acceptors (Lipinski definition) is 3. The molecule has 4 heteroatoms. The minimum absolute atomic E-state index is 0. The number of benzene rings is 2. The molecule has 1 aliphatic heterocycles. The van der Waals surface area contributed by atoms with E-state index in [-0.39, 0.29) is 12.4 Å². The fraction of sp³-hybridized carbons (Fsp3) is 0.294. The van der Waals surface area contributed by atoms with Crippen LogP contribution < -0.4 is 15.0 Å². The van der Waals surface area contributed by atoms with Crippen LogP contribution in [0.15, 0.2) is 54.6 Å². The second-order valence-electron chi connectivity index (χ2n) is 5.01. The lowest BCUT2D eigenvalue weighted by atomic mass is 10.2. The van der Waals surface area contributed by atoms with Gasteiger partial charge in [0.05, 0.1) is 0 Å². The van der Waals surface area contributed by atoms with E-state index in [1.807, 2.05) is 24.3 Å². The van der Waals surface area contributed by atoms with Gasteiger partial charge in [0.15, 0.2) is 0 Å².